The third-order valence-corrected chi connectivity index (χ3v) is 2.70. The van der Waals surface area contributed by atoms with E-state index >= 15 is 0 Å². The molecule has 1 fully saturated rings. The zero-order chi connectivity index (χ0) is 10.8. The molecule has 1 saturated carbocycles. The highest BCUT2D eigenvalue weighted by Crippen LogP contribution is 2.33. The lowest BCUT2D eigenvalue weighted by Gasteiger charge is -2.26. The van der Waals surface area contributed by atoms with Crippen LogP contribution in [0.2, 0.25) is 0 Å². The Bertz CT molecular complexity index is 207. The Labute approximate surface area is 87.0 Å². The maximum absolute atomic E-state index is 11.6. The van der Waals surface area contributed by atoms with Crippen molar-refractivity contribution < 1.29 is 9.53 Å². The molecule has 0 radical (unpaired) electrons. The number of hydrogen-bond acceptors (Lipinski definition) is 2. The quantitative estimate of drug-likeness (QED) is 0.636. The van der Waals surface area contributed by atoms with Crippen LogP contribution in [0.25, 0.3) is 0 Å². The molecule has 0 aromatic carbocycles. The van der Waals surface area contributed by atoms with Gasteiger partial charge in [-0.05, 0) is 38.0 Å². The lowest BCUT2D eigenvalue weighted by atomic mass is 9.92. The average Bonchev–Trinajstić information content (AvgIpc) is 2.30. The summed E-state index contributed by atoms with van der Waals surface area (Å²) in [5, 5.41) is 0. The zero-order valence-corrected chi connectivity index (χ0v) is 9.85. The van der Waals surface area contributed by atoms with Crippen LogP contribution < -0.4 is 0 Å². The molecule has 0 amide bonds. The van der Waals surface area contributed by atoms with E-state index in [0.29, 0.717) is 6.42 Å². The molecule has 0 saturated heterocycles. The summed E-state index contributed by atoms with van der Waals surface area (Å²) in [5.41, 5.74) is -0.131. The Morgan fingerprint density at radius 1 is 1.29 bits per heavy atom. The maximum atomic E-state index is 11.6. The topological polar surface area (TPSA) is 26.3 Å². The first-order valence-corrected chi connectivity index (χ1v) is 5.53. The molecule has 0 spiro atoms. The second kappa shape index (κ2) is 3.92. The molecule has 0 N–H and O–H groups in total. The summed E-state index contributed by atoms with van der Waals surface area (Å²) in [5.74, 6) is -0.0399. The normalized spacial score (nSPS) is 20.9. The maximum Gasteiger partial charge on any atom is 0.306 e. The monoisotopic (exact) mass is 198 g/mol. The molecular formula is C12H22O2. The third-order valence-electron chi connectivity index (χ3n) is 2.70. The van der Waals surface area contributed by atoms with Crippen LogP contribution >= 0.6 is 0 Å². The summed E-state index contributed by atoms with van der Waals surface area (Å²) in [4.78, 5) is 11.6. The molecule has 0 heterocycles. The molecule has 1 aliphatic rings. The largest absolute Gasteiger partial charge is 0.459 e. The van der Waals surface area contributed by atoms with Crippen LogP contribution in [0.1, 0.15) is 59.8 Å². The summed E-state index contributed by atoms with van der Waals surface area (Å²) in [6, 6.07) is 0. The van der Waals surface area contributed by atoms with E-state index in [1.807, 2.05) is 0 Å². The first-order valence-electron chi connectivity index (χ1n) is 5.53. The standard InChI is InChI=1S/C12H22O2/c1-11(2,3)9-10(13)14-12(4)7-5-6-8-12/h5-9H2,1-4H3. The highest BCUT2D eigenvalue weighted by Gasteiger charge is 2.33. The predicted molar refractivity (Wildman–Crippen MR) is 57.0 cm³/mol. The van der Waals surface area contributed by atoms with Gasteiger partial charge in [-0.2, -0.15) is 0 Å². The van der Waals surface area contributed by atoms with Gasteiger partial charge in [-0.15, -0.1) is 0 Å². The fourth-order valence-corrected chi connectivity index (χ4v) is 1.97. The molecule has 1 aliphatic carbocycles. The Morgan fingerprint density at radius 3 is 2.21 bits per heavy atom. The molecular weight excluding hydrogens is 176 g/mol. The minimum atomic E-state index is -0.164. The third kappa shape index (κ3) is 3.69. The van der Waals surface area contributed by atoms with Crippen LogP contribution in [-0.2, 0) is 9.53 Å². The SMILES string of the molecule is CC(C)(C)CC(=O)OC1(C)CCCC1. The van der Waals surface area contributed by atoms with Crippen LogP contribution in [0.3, 0.4) is 0 Å². The highest BCUT2D eigenvalue weighted by molar-refractivity contribution is 5.70. The smallest absolute Gasteiger partial charge is 0.306 e. The zero-order valence-electron chi connectivity index (χ0n) is 9.85. The molecule has 82 valence electrons. The average molecular weight is 198 g/mol. The minimum Gasteiger partial charge on any atom is -0.459 e. The number of carbonyl (C=O) groups is 1. The summed E-state index contributed by atoms with van der Waals surface area (Å²) in [6.07, 6.45) is 4.97. The number of carbonyl (C=O) groups excluding carboxylic acids is 1. The van der Waals surface area contributed by atoms with Gasteiger partial charge < -0.3 is 4.74 Å². The Morgan fingerprint density at radius 2 is 1.79 bits per heavy atom. The highest BCUT2D eigenvalue weighted by atomic mass is 16.6. The van der Waals surface area contributed by atoms with Gasteiger partial charge in [0.2, 0.25) is 0 Å². The predicted octanol–water partition coefficient (Wildman–Crippen LogP) is 3.30. The summed E-state index contributed by atoms with van der Waals surface area (Å²) >= 11 is 0. The van der Waals surface area contributed by atoms with Gasteiger partial charge in [0.15, 0.2) is 0 Å². The van der Waals surface area contributed by atoms with Gasteiger partial charge in [0, 0.05) is 0 Å². The van der Waals surface area contributed by atoms with Gasteiger partial charge in [-0.25, -0.2) is 0 Å². The fourth-order valence-electron chi connectivity index (χ4n) is 1.97. The van der Waals surface area contributed by atoms with Crippen LogP contribution in [0.5, 0.6) is 0 Å². The molecule has 0 aromatic rings. The van der Waals surface area contributed by atoms with Gasteiger partial charge >= 0.3 is 5.97 Å². The first-order chi connectivity index (χ1) is 6.31. The summed E-state index contributed by atoms with van der Waals surface area (Å²) in [6.45, 7) is 8.24. The van der Waals surface area contributed by atoms with Gasteiger partial charge in [0.25, 0.3) is 0 Å². The van der Waals surface area contributed by atoms with Crippen molar-refractivity contribution in [1.82, 2.24) is 0 Å². The lowest BCUT2D eigenvalue weighted by Crippen LogP contribution is -2.29. The van der Waals surface area contributed by atoms with Crippen molar-refractivity contribution in [2.45, 2.75) is 65.4 Å². The van der Waals surface area contributed by atoms with Crippen molar-refractivity contribution in [1.29, 1.82) is 0 Å². The number of esters is 1. The van der Waals surface area contributed by atoms with Crippen LogP contribution in [0, 0.1) is 5.41 Å². The second-order valence-electron chi connectivity index (χ2n) is 5.87. The Hall–Kier alpha value is -0.530. The molecule has 0 aromatic heterocycles. The number of ether oxygens (including phenoxy) is 1. The molecule has 0 aliphatic heterocycles. The van der Waals surface area contributed by atoms with Crippen molar-refractivity contribution in [2.75, 3.05) is 0 Å². The van der Waals surface area contributed by atoms with Crippen molar-refractivity contribution in [3.8, 4) is 0 Å². The van der Waals surface area contributed by atoms with E-state index in [1.165, 1.54) is 12.8 Å². The van der Waals surface area contributed by atoms with Crippen LogP contribution in [0.15, 0.2) is 0 Å². The minimum absolute atomic E-state index is 0.0338. The van der Waals surface area contributed by atoms with E-state index in [2.05, 4.69) is 27.7 Å². The molecule has 14 heavy (non-hydrogen) atoms. The molecule has 0 unspecified atom stereocenters. The van der Waals surface area contributed by atoms with Crippen molar-refractivity contribution in [3.63, 3.8) is 0 Å². The molecule has 0 bridgehead atoms. The van der Waals surface area contributed by atoms with Crippen LogP contribution in [0.4, 0.5) is 0 Å². The van der Waals surface area contributed by atoms with Gasteiger partial charge in [0.05, 0.1) is 6.42 Å². The Balaban J connectivity index is 2.40. The summed E-state index contributed by atoms with van der Waals surface area (Å²) in [7, 11) is 0. The number of hydrogen-bond donors (Lipinski definition) is 0. The molecule has 2 nitrogen and oxygen atoms in total. The van der Waals surface area contributed by atoms with Gasteiger partial charge in [0.1, 0.15) is 5.60 Å². The lowest BCUT2D eigenvalue weighted by molar-refractivity contribution is -0.159. The van der Waals surface area contributed by atoms with Crippen molar-refractivity contribution in [3.05, 3.63) is 0 Å². The molecule has 2 heteroatoms. The second-order valence-corrected chi connectivity index (χ2v) is 5.87. The summed E-state index contributed by atoms with van der Waals surface area (Å²) < 4.78 is 5.54. The van der Waals surface area contributed by atoms with E-state index in [-0.39, 0.29) is 17.0 Å². The molecule has 1 rings (SSSR count). The van der Waals surface area contributed by atoms with Crippen molar-refractivity contribution in [2.24, 2.45) is 5.41 Å². The molecule has 0 atom stereocenters. The van der Waals surface area contributed by atoms with E-state index in [9.17, 15) is 4.79 Å². The number of rotatable bonds is 2. The van der Waals surface area contributed by atoms with Crippen molar-refractivity contribution >= 4 is 5.97 Å². The van der Waals surface area contributed by atoms with E-state index in [4.69, 9.17) is 4.74 Å². The fraction of sp³-hybridized carbons (Fsp3) is 0.917. The van der Waals surface area contributed by atoms with Gasteiger partial charge in [-0.1, -0.05) is 20.8 Å². The van der Waals surface area contributed by atoms with E-state index in [0.717, 1.165) is 12.8 Å². The first kappa shape index (κ1) is 11.5. The van der Waals surface area contributed by atoms with Crippen LogP contribution in [-0.4, -0.2) is 11.6 Å². The van der Waals surface area contributed by atoms with E-state index < -0.39 is 0 Å². The Kier molecular flexibility index (Phi) is 3.23. The van der Waals surface area contributed by atoms with Gasteiger partial charge in [-0.3, -0.25) is 4.79 Å². The van der Waals surface area contributed by atoms with E-state index in [1.54, 1.807) is 0 Å².